The van der Waals surface area contributed by atoms with Crippen LogP contribution in [0.3, 0.4) is 0 Å². The van der Waals surface area contributed by atoms with Gasteiger partial charge in [-0.05, 0) is 11.6 Å². The van der Waals surface area contributed by atoms with Gasteiger partial charge in [-0.25, -0.2) is 5.90 Å². The van der Waals surface area contributed by atoms with E-state index in [2.05, 4.69) is 4.84 Å². The Bertz CT molecular complexity index is 258. The molecule has 0 aliphatic rings. The van der Waals surface area contributed by atoms with Crippen LogP contribution in [0.25, 0.3) is 6.08 Å². The molecule has 3 heteroatoms. The van der Waals surface area contributed by atoms with Gasteiger partial charge in [-0.3, -0.25) is 4.84 Å². The Morgan fingerprint density at radius 1 is 1.42 bits per heavy atom. The molecule has 0 fully saturated rings. The first-order valence-corrected chi connectivity index (χ1v) is 3.93. The fourth-order valence-electron chi connectivity index (χ4n) is 0.851. The molecule has 0 amide bonds. The van der Waals surface area contributed by atoms with Crippen molar-refractivity contribution in [2.75, 3.05) is 6.61 Å². The number of nitrogens with two attached hydrogens (primary N) is 1. The molecule has 0 saturated heterocycles. The first-order chi connectivity index (χ1) is 5.83. The van der Waals surface area contributed by atoms with Gasteiger partial charge < -0.3 is 0 Å². The van der Waals surface area contributed by atoms with Crippen molar-refractivity contribution in [1.29, 1.82) is 0 Å². The molecule has 2 N–H and O–H groups in total. The molecule has 1 aromatic carbocycles. The van der Waals surface area contributed by atoms with Gasteiger partial charge in [0.2, 0.25) is 0 Å². The average Bonchev–Trinajstić information content (AvgIpc) is 2.06. The largest absolute Gasteiger partial charge is 0.299 e. The minimum absolute atomic E-state index is 0.246. The lowest BCUT2D eigenvalue weighted by Crippen LogP contribution is -2.00. The molecule has 0 heterocycles. The molecular formula is C9H10ClNO. The first kappa shape index (κ1) is 9.26. The maximum absolute atomic E-state index is 5.77. The maximum atomic E-state index is 5.77. The lowest BCUT2D eigenvalue weighted by atomic mass is 10.2. The van der Waals surface area contributed by atoms with Gasteiger partial charge in [0, 0.05) is 5.03 Å². The van der Waals surface area contributed by atoms with Gasteiger partial charge in [0.1, 0.15) is 6.61 Å². The molecule has 0 radical (unpaired) electrons. The highest BCUT2D eigenvalue weighted by Gasteiger charge is 1.91. The molecule has 12 heavy (non-hydrogen) atoms. The quantitative estimate of drug-likeness (QED) is 0.729. The Morgan fingerprint density at radius 2 is 2.08 bits per heavy atom. The Balaban J connectivity index is 2.67. The van der Waals surface area contributed by atoms with Crippen molar-refractivity contribution >= 4 is 17.7 Å². The average molecular weight is 184 g/mol. The van der Waals surface area contributed by atoms with Gasteiger partial charge in [-0.2, -0.15) is 0 Å². The molecule has 1 rings (SSSR count). The molecule has 1 aromatic rings. The summed E-state index contributed by atoms with van der Waals surface area (Å²) >= 11 is 5.77. The summed E-state index contributed by atoms with van der Waals surface area (Å²) in [6, 6.07) is 9.75. The van der Waals surface area contributed by atoms with Gasteiger partial charge in [0.25, 0.3) is 0 Å². The van der Waals surface area contributed by atoms with E-state index >= 15 is 0 Å². The zero-order chi connectivity index (χ0) is 8.81. The lowest BCUT2D eigenvalue weighted by molar-refractivity contribution is 0.166. The summed E-state index contributed by atoms with van der Waals surface area (Å²) in [4.78, 5) is 4.38. The highest BCUT2D eigenvalue weighted by molar-refractivity contribution is 6.31. The van der Waals surface area contributed by atoms with Crippen molar-refractivity contribution in [2.45, 2.75) is 0 Å². The van der Waals surface area contributed by atoms with Crippen LogP contribution in [0.2, 0.25) is 0 Å². The molecule has 0 saturated carbocycles. The van der Waals surface area contributed by atoms with Crippen LogP contribution in [-0.4, -0.2) is 6.61 Å². The van der Waals surface area contributed by atoms with E-state index in [9.17, 15) is 0 Å². The van der Waals surface area contributed by atoms with Crippen LogP contribution in [0, 0.1) is 0 Å². The second-order valence-electron chi connectivity index (χ2n) is 2.31. The molecule has 0 aromatic heterocycles. The molecule has 0 unspecified atom stereocenters. The summed E-state index contributed by atoms with van der Waals surface area (Å²) in [5, 5.41) is 0.587. The highest BCUT2D eigenvalue weighted by atomic mass is 35.5. The van der Waals surface area contributed by atoms with E-state index in [1.807, 2.05) is 36.4 Å². The number of rotatable bonds is 3. The SMILES string of the molecule is NOCC(Cl)=Cc1ccccc1. The molecule has 0 aliphatic heterocycles. The zero-order valence-corrected chi connectivity index (χ0v) is 7.29. The third kappa shape index (κ3) is 3.05. The third-order valence-corrected chi connectivity index (χ3v) is 1.56. The Labute approximate surface area is 76.5 Å². The van der Waals surface area contributed by atoms with Crippen molar-refractivity contribution in [3.63, 3.8) is 0 Å². The summed E-state index contributed by atoms with van der Waals surface area (Å²) in [6.45, 7) is 0.246. The summed E-state index contributed by atoms with van der Waals surface area (Å²) < 4.78 is 0. The summed E-state index contributed by atoms with van der Waals surface area (Å²) in [5.74, 6) is 4.86. The Hall–Kier alpha value is -0.830. The van der Waals surface area contributed by atoms with Gasteiger partial charge >= 0.3 is 0 Å². The smallest absolute Gasteiger partial charge is 0.104 e. The molecule has 0 bridgehead atoms. The minimum atomic E-state index is 0.246. The van der Waals surface area contributed by atoms with E-state index in [0.717, 1.165) is 5.56 Å². The van der Waals surface area contributed by atoms with Crippen LogP contribution < -0.4 is 5.90 Å². The first-order valence-electron chi connectivity index (χ1n) is 3.55. The van der Waals surface area contributed by atoms with Crippen molar-refractivity contribution in [1.82, 2.24) is 0 Å². The van der Waals surface area contributed by atoms with Gasteiger partial charge in [-0.15, -0.1) is 0 Å². The molecule has 2 nitrogen and oxygen atoms in total. The number of halogens is 1. The van der Waals surface area contributed by atoms with Crippen molar-refractivity contribution < 1.29 is 4.84 Å². The van der Waals surface area contributed by atoms with Crippen LogP contribution in [0.5, 0.6) is 0 Å². The second-order valence-corrected chi connectivity index (χ2v) is 2.80. The van der Waals surface area contributed by atoms with Crippen LogP contribution >= 0.6 is 11.6 Å². The van der Waals surface area contributed by atoms with Gasteiger partial charge in [0.15, 0.2) is 0 Å². The second kappa shape index (κ2) is 4.93. The number of hydrogen-bond donors (Lipinski definition) is 1. The standard InChI is InChI=1S/C9H10ClNO/c10-9(7-12-11)6-8-4-2-1-3-5-8/h1-6H,7,11H2. The van der Waals surface area contributed by atoms with E-state index < -0.39 is 0 Å². The summed E-state index contributed by atoms with van der Waals surface area (Å²) in [7, 11) is 0. The zero-order valence-electron chi connectivity index (χ0n) is 6.53. The third-order valence-electron chi connectivity index (χ3n) is 1.34. The lowest BCUT2D eigenvalue weighted by Gasteiger charge is -1.95. The molecule has 0 spiro atoms. The molecule has 64 valence electrons. The van der Waals surface area contributed by atoms with Crippen LogP contribution in [-0.2, 0) is 4.84 Å². The van der Waals surface area contributed by atoms with Crippen LogP contribution in [0.4, 0.5) is 0 Å². The van der Waals surface area contributed by atoms with Gasteiger partial charge in [0.05, 0.1) is 0 Å². The monoisotopic (exact) mass is 183 g/mol. The van der Waals surface area contributed by atoms with Crippen LogP contribution in [0.15, 0.2) is 35.4 Å². The van der Waals surface area contributed by atoms with E-state index in [1.54, 1.807) is 0 Å². The molecule has 0 aliphatic carbocycles. The van der Waals surface area contributed by atoms with Crippen molar-refractivity contribution in [3.8, 4) is 0 Å². The fourth-order valence-corrected chi connectivity index (χ4v) is 1.04. The summed E-state index contributed by atoms with van der Waals surface area (Å²) in [6.07, 6.45) is 1.81. The van der Waals surface area contributed by atoms with Crippen molar-refractivity contribution in [2.24, 2.45) is 5.90 Å². The minimum Gasteiger partial charge on any atom is -0.299 e. The molecular weight excluding hydrogens is 174 g/mol. The summed E-state index contributed by atoms with van der Waals surface area (Å²) in [5.41, 5.74) is 1.04. The van der Waals surface area contributed by atoms with E-state index in [4.69, 9.17) is 17.5 Å². The van der Waals surface area contributed by atoms with E-state index in [1.165, 1.54) is 0 Å². The number of hydrogen-bond acceptors (Lipinski definition) is 2. The van der Waals surface area contributed by atoms with Gasteiger partial charge in [-0.1, -0.05) is 41.9 Å². The Kier molecular flexibility index (Phi) is 3.80. The fraction of sp³-hybridized carbons (Fsp3) is 0.111. The predicted octanol–water partition coefficient (Wildman–Crippen LogP) is 2.16. The normalized spacial score (nSPS) is 11.7. The predicted molar refractivity (Wildman–Crippen MR) is 50.4 cm³/mol. The maximum Gasteiger partial charge on any atom is 0.104 e. The highest BCUT2D eigenvalue weighted by Crippen LogP contribution is 2.09. The Morgan fingerprint density at radius 3 is 2.67 bits per heavy atom. The van der Waals surface area contributed by atoms with Crippen molar-refractivity contribution in [3.05, 3.63) is 40.9 Å². The number of benzene rings is 1. The van der Waals surface area contributed by atoms with Crippen LogP contribution in [0.1, 0.15) is 5.56 Å². The van der Waals surface area contributed by atoms with E-state index in [-0.39, 0.29) is 6.61 Å². The van der Waals surface area contributed by atoms with E-state index in [0.29, 0.717) is 5.03 Å². The topological polar surface area (TPSA) is 35.2 Å². The molecule has 0 atom stereocenters.